The molecule has 0 radical (unpaired) electrons. The fourth-order valence-corrected chi connectivity index (χ4v) is 4.38. The van der Waals surface area contributed by atoms with Gasteiger partial charge in [-0.05, 0) is 53.4 Å². The van der Waals surface area contributed by atoms with Crippen molar-refractivity contribution in [1.82, 2.24) is 4.90 Å². The fraction of sp³-hybridized carbons (Fsp3) is 0.167. The molecule has 0 unspecified atom stereocenters. The van der Waals surface area contributed by atoms with Crippen LogP contribution in [0.5, 0.6) is 5.75 Å². The van der Waals surface area contributed by atoms with Crippen molar-refractivity contribution < 1.29 is 9.53 Å². The van der Waals surface area contributed by atoms with E-state index >= 15 is 0 Å². The molecule has 3 aromatic rings. The summed E-state index contributed by atoms with van der Waals surface area (Å²) < 4.78 is 5.49. The number of benzene rings is 3. The number of methoxy groups -OCH3 is 1. The van der Waals surface area contributed by atoms with E-state index in [1.807, 2.05) is 66.7 Å². The van der Waals surface area contributed by atoms with Crippen molar-refractivity contribution in [2.45, 2.75) is 13.3 Å². The van der Waals surface area contributed by atoms with Gasteiger partial charge in [0, 0.05) is 11.9 Å². The predicted molar refractivity (Wildman–Crippen MR) is 122 cm³/mol. The lowest BCUT2D eigenvalue weighted by molar-refractivity contribution is -0.122. The molecule has 0 aliphatic carbocycles. The van der Waals surface area contributed by atoms with E-state index in [1.54, 1.807) is 12.0 Å². The molecule has 5 heteroatoms. The number of aliphatic imine (C=N–C) groups is 1. The van der Waals surface area contributed by atoms with Crippen LogP contribution >= 0.6 is 11.8 Å². The maximum absolute atomic E-state index is 13.1. The monoisotopic (exact) mass is 402 g/mol. The van der Waals surface area contributed by atoms with Gasteiger partial charge >= 0.3 is 0 Å². The molecule has 0 spiro atoms. The number of carbonyl (C=O) groups excluding carboxylic acids is 1. The summed E-state index contributed by atoms with van der Waals surface area (Å²) in [6, 6.07) is 21.8. The average Bonchev–Trinajstić information content (AvgIpc) is 3.04. The van der Waals surface area contributed by atoms with Crippen LogP contribution in [0.2, 0.25) is 0 Å². The standard InChI is InChI=1S/C24H22N2O2S/c1-3-15-26-23(27)22(29-24(26)25-18-9-5-4-6-10-18)16-17-13-14-21(28-2)20-12-8-7-11-19(17)20/h4-14,16H,3,15H2,1-2H3/b22-16+,25-24?. The summed E-state index contributed by atoms with van der Waals surface area (Å²) in [7, 11) is 1.67. The van der Waals surface area contributed by atoms with E-state index in [0.717, 1.165) is 39.4 Å². The van der Waals surface area contributed by atoms with Gasteiger partial charge < -0.3 is 4.74 Å². The third-order valence-corrected chi connectivity index (χ3v) is 5.75. The highest BCUT2D eigenvalue weighted by atomic mass is 32.2. The second kappa shape index (κ2) is 8.53. The van der Waals surface area contributed by atoms with Gasteiger partial charge in [0.05, 0.1) is 17.7 Å². The lowest BCUT2D eigenvalue weighted by atomic mass is 10.0. The summed E-state index contributed by atoms with van der Waals surface area (Å²) in [4.78, 5) is 20.3. The molecule has 0 atom stereocenters. The van der Waals surface area contributed by atoms with Crippen LogP contribution < -0.4 is 4.74 Å². The van der Waals surface area contributed by atoms with Gasteiger partial charge in [-0.15, -0.1) is 0 Å². The fourth-order valence-electron chi connectivity index (χ4n) is 3.36. The minimum atomic E-state index is 0.00595. The van der Waals surface area contributed by atoms with Gasteiger partial charge in [0.25, 0.3) is 5.91 Å². The van der Waals surface area contributed by atoms with Gasteiger partial charge in [-0.1, -0.05) is 55.5 Å². The van der Waals surface area contributed by atoms with E-state index in [2.05, 4.69) is 13.0 Å². The summed E-state index contributed by atoms with van der Waals surface area (Å²) in [6.45, 7) is 2.72. The van der Waals surface area contributed by atoms with Crippen molar-refractivity contribution in [2.24, 2.45) is 4.99 Å². The van der Waals surface area contributed by atoms with E-state index < -0.39 is 0 Å². The van der Waals surface area contributed by atoms with Crippen molar-refractivity contribution in [3.8, 4) is 5.75 Å². The molecule has 1 saturated heterocycles. The zero-order valence-corrected chi connectivity index (χ0v) is 17.3. The maximum atomic E-state index is 13.1. The molecule has 0 saturated carbocycles. The van der Waals surface area contributed by atoms with Crippen LogP contribution in [0, 0.1) is 0 Å². The number of para-hydroxylation sites is 1. The number of hydrogen-bond acceptors (Lipinski definition) is 4. The molecule has 1 aliphatic heterocycles. The Balaban J connectivity index is 1.76. The maximum Gasteiger partial charge on any atom is 0.266 e. The van der Waals surface area contributed by atoms with Crippen molar-refractivity contribution in [3.63, 3.8) is 0 Å². The Hall–Kier alpha value is -3.05. The van der Waals surface area contributed by atoms with Crippen LogP contribution in [0.4, 0.5) is 5.69 Å². The number of carbonyl (C=O) groups is 1. The highest BCUT2D eigenvalue weighted by Crippen LogP contribution is 2.36. The number of hydrogen-bond donors (Lipinski definition) is 0. The Morgan fingerprint density at radius 3 is 2.45 bits per heavy atom. The van der Waals surface area contributed by atoms with Crippen LogP contribution in [-0.2, 0) is 4.79 Å². The number of ether oxygens (including phenoxy) is 1. The molecule has 1 fully saturated rings. The Labute approximate surface area is 174 Å². The molecular weight excluding hydrogens is 380 g/mol. The van der Waals surface area contributed by atoms with E-state index in [4.69, 9.17) is 9.73 Å². The average molecular weight is 403 g/mol. The number of nitrogens with zero attached hydrogens (tertiary/aromatic N) is 2. The summed E-state index contributed by atoms with van der Waals surface area (Å²) in [6.07, 6.45) is 2.84. The highest BCUT2D eigenvalue weighted by molar-refractivity contribution is 8.18. The first kappa shape index (κ1) is 19.3. The third kappa shape index (κ3) is 3.91. The van der Waals surface area contributed by atoms with Crippen LogP contribution in [0.1, 0.15) is 18.9 Å². The zero-order valence-electron chi connectivity index (χ0n) is 16.5. The third-order valence-electron chi connectivity index (χ3n) is 4.74. The molecule has 0 aromatic heterocycles. The quantitative estimate of drug-likeness (QED) is 0.502. The molecule has 1 aliphatic rings. The molecule has 146 valence electrons. The van der Waals surface area contributed by atoms with E-state index in [-0.39, 0.29) is 5.91 Å². The lowest BCUT2D eigenvalue weighted by Gasteiger charge is -2.13. The van der Waals surface area contributed by atoms with Crippen LogP contribution in [0.15, 0.2) is 76.6 Å². The SMILES string of the molecule is CCCN1C(=O)/C(=C\c2ccc(OC)c3ccccc23)SC1=Nc1ccccc1. The molecule has 0 N–H and O–H groups in total. The Kier molecular flexibility index (Phi) is 5.67. The van der Waals surface area contributed by atoms with Gasteiger partial charge in [-0.3, -0.25) is 9.69 Å². The first-order valence-corrected chi connectivity index (χ1v) is 10.4. The minimum absolute atomic E-state index is 0.00595. The van der Waals surface area contributed by atoms with Crippen molar-refractivity contribution >= 4 is 45.4 Å². The van der Waals surface area contributed by atoms with Gasteiger partial charge in [0.2, 0.25) is 0 Å². The van der Waals surface area contributed by atoms with Gasteiger partial charge in [0.15, 0.2) is 5.17 Å². The normalized spacial score (nSPS) is 16.9. The van der Waals surface area contributed by atoms with Crippen LogP contribution in [0.3, 0.4) is 0 Å². The first-order chi connectivity index (χ1) is 14.2. The number of rotatable bonds is 5. The zero-order chi connectivity index (χ0) is 20.2. The molecule has 3 aromatic carbocycles. The largest absolute Gasteiger partial charge is 0.496 e. The van der Waals surface area contributed by atoms with Crippen LogP contribution in [0.25, 0.3) is 16.8 Å². The summed E-state index contributed by atoms with van der Waals surface area (Å²) in [5.41, 5.74) is 1.84. The molecule has 4 nitrogen and oxygen atoms in total. The van der Waals surface area contributed by atoms with E-state index in [0.29, 0.717) is 11.4 Å². The van der Waals surface area contributed by atoms with Crippen molar-refractivity contribution in [3.05, 3.63) is 77.2 Å². The Morgan fingerprint density at radius 1 is 1.00 bits per heavy atom. The second-order valence-electron chi connectivity index (χ2n) is 6.70. The molecule has 29 heavy (non-hydrogen) atoms. The molecule has 1 amide bonds. The first-order valence-electron chi connectivity index (χ1n) is 9.62. The Morgan fingerprint density at radius 2 is 1.72 bits per heavy atom. The van der Waals surface area contributed by atoms with E-state index in [9.17, 15) is 4.79 Å². The summed E-state index contributed by atoms with van der Waals surface area (Å²) >= 11 is 1.43. The van der Waals surface area contributed by atoms with Crippen molar-refractivity contribution in [1.29, 1.82) is 0 Å². The topological polar surface area (TPSA) is 41.9 Å². The minimum Gasteiger partial charge on any atom is -0.496 e. The van der Waals surface area contributed by atoms with Gasteiger partial charge in [-0.25, -0.2) is 4.99 Å². The Bertz CT molecular complexity index is 1110. The number of amidine groups is 1. The summed E-state index contributed by atoms with van der Waals surface area (Å²) in [5.74, 6) is 0.832. The molecule has 0 bridgehead atoms. The highest BCUT2D eigenvalue weighted by Gasteiger charge is 2.32. The van der Waals surface area contributed by atoms with Crippen LogP contribution in [-0.4, -0.2) is 29.6 Å². The number of amides is 1. The molecular formula is C24H22N2O2S. The molecule has 4 rings (SSSR count). The molecule has 1 heterocycles. The van der Waals surface area contributed by atoms with Gasteiger partial charge in [-0.2, -0.15) is 0 Å². The summed E-state index contributed by atoms with van der Waals surface area (Å²) in [5, 5.41) is 2.82. The van der Waals surface area contributed by atoms with Gasteiger partial charge in [0.1, 0.15) is 5.75 Å². The smallest absolute Gasteiger partial charge is 0.266 e. The second-order valence-corrected chi connectivity index (χ2v) is 7.71. The predicted octanol–water partition coefficient (Wildman–Crippen LogP) is 5.86. The number of thioether (sulfide) groups is 1. The lowest BCUT2D eigenvalue weighted by Crippen LogP contribution is -2.29. The van der Waals surface area contributed by atoms with Crippen molar-refractivity contribution in [2.75, 3.05) is 13.7 Å². The number of fused-ring (bicyclic) bond motifs is 1. The van der Waals surface area contributed by atoms with E-state index in [1.165, 1.54) is 11.8 Å².